The molecular weight excluding hydrogens is 358 g/mol. The van der Waals surface area contributed by atoms with Gasteiger partial charge in [0.2, 0.25) is 5.95 Å². The van der Waals surface area contributed by atoms with Gasteiger partial charge in [-0.25, -0.2) is 4.98 Å². The molecule has 1 aromatic carbocycles. The second-order valence-electron chi connectivity index (χ2n) is 6.70. The lowest BCUT2D eigenvalue weighted by molar-refractivity contribution is 0.410. The van der Waals surface area contributed by atoms with E-state index < -0.39 is 0 Å². The Bertz CT molecular complexity index is 1050. The minimum Gasteiger partial charge on any atom is -0.496 e. The highest BCUT2D eigenvalue weighted by atomic mass is 32.1. The standard InChI is InChI=1S/C21H23N3O2S/c1-3-12-24-20(25)18-15-9-5-7-11-17(15)27-19(18)23-21(24)22-13-14-8-4-6-10-16(14)26-2/h3-4,6,8,10H,1,5,7,9,11-13H2,2H3,(H,22,23). The lowest BCUT2D eigenvalue weighted by Gasteiger charge is -2.15. The molecule has 6 heteroatoms. The lowest BCUT2D eigenvalue weighted by Crippen LogP contribution is -2.25. The molecule has 2 heterocycles. The fraction of sp³-hybridized carbons (Fsp3) is 0.333. The summed E-state index contributed by atoms with van der Waals surface area (Å²) in [5.74, 6) is 1.40. The van der Waals surface area contributed by atoms with Crippen molar-refractivity contribution in [1.82, 2.24) is 9.55 Å². The minimum atomic E-state index is 0.0295. The average Bonchev–Trinajstić information content (AvgIpc) is 3.07. The van der Waals surface area contributed by atoms with E-state index in [1.165, 1.54) is 16.9 Å². The van der Waals surface area contributed by atoms with Crippen molar-refractivity contribution < 1.29 is 4.74 Å². The number of aryl methyl sites for hydroxylation is 2. The molecule has 0 atom stereocenters. The summed E-state index contributed by atoms with van der Waals surface area (Å²) in [5.41, 5.74) is 2.26. The molecule has 1 aliphatic carbocycles. The fourth-order valence-corrected chi connectivity index (χ4v) is 4.95. The van der Waals surface area contributed by atoms with Crippen molar-refractivity contribution in [3.05, 3.63) is 63.3 Å². The zero-order valence-electron chi connectivity index (χ0n) is 15.5. The SMILES string of the molecule is C=CCn1c(NCc2ccccc2OC)nc2sc3c(c2c1=O)CCCC3. The summed E-state index contributed by atoms with van der Waals surface area (Å²) in [4.78, 5) is 20.2. The average molecular weight is 382 g/mol. The summed E-state index contributed by atoms with van der Waals surface area (Å²) in [6, 6.07) is 7.85. The number of benzene rings is 1. The largest absolute Gasteiger partial charge is 0.496 e. The molecule has 1 aliphatic rings. The number of para-hydroxylation sites is 1. The summed E-state index contributed by atoms with van der Waals surface area (Å²) in [5, 5.41) is 4.14. The number of hydrogen-bond donors (Lipinski definition) is 1. The second-order valence-corrected chi connectivity index (χ2v) is 7.78. The van der Waals surface area contributed by atoms with Crippen LogP contribution in [0.1, 0.15) is 28.8 Å². The number of allylic oxidation sites excluding steroid dienone is 1. The number of ether oxygens (including phenoxy) is 1. The number of hydrogen-bond acceptors (Lipinski definition) is 5. The van der Waals surface area contributed by atoms with Crippen molar-refractivity contribution in [2.24, 2.45) is 0 Å². The molecule has 0 saturated carbocycles. The van der Waals surface area contributed by atoms with Gasteiger partial charge in [-0.1, -0.05) is 24.3 Å². The molecular formula is C21H23N3O2S. The molecule has 0 fully saturated rings. The summed E-state index contributed by atoms with van der Waals surface area (Å²) >= 11 is 1.67. The van der Waals surface area contributed by atoms with Crippen LogP contribution in [-0.4, -0.2) is 16.7 Å². The molecule has 0 bridgehead atoms. The number of anilines is 1. The summed E-state index contributed by atoms with van der Waals surface area (Å²) in [7, 11) is 1.66. The van der Waals surface area contributed by atoms with E-state index in [1.54, 1.807) is 29.1 Å². The van der Waals surface area contributed by atoms with Gasteiger partial charge in [0.15, 0.2) is 0 Å². The molecule has 0 unspecified atom stereocenters. The smallest absolute Gasteiger partial charge is 0.264 e. The maximum absolute atomic E-state index is 13.2. The molecule has 5 nitrogen and oxygen atoms in total. The maximum Gasteiger partial charge on any atom is 0.264 e. The number of nitrogens with zero attached hydrogens (tertiary/aromatic N) is 2. The highest BCUT2D eigenvalue weighted by molar-refractivity contribution is 7.18. The third-order valence-corrected chi connectivity index (χ3v) is 6.20. The first-order valence-electron chi connectivity index (χ1n) is 9.24. The topological polar surface area (TPSA) is 56.1 Å². The van der Waals surface area contributed by atoms with Crippen LogP contribution in [0.3, 0.4) is 0 Å². The molecule has 4 rings (SSSR count). The molecule has 0 radical (unpaired) electrons. The quantitative estimate of drug-likeness (QED) is 0.652. The third kappa shape index (κ3) is 3.25. The summed E-state index contributed by atoms with van der Waals surface area (Å²) < 4.78 is 7.10. The van der Waals surface area contributed by atoms with Gasteiger partial charge < -0.3 is 10.1 Å². The van der Waals surface area contributed by atoms with Crippen LogP contribution >= 0.6 is 11.3 Å². The van der Waals surface area contributed by atoms with Crippen molar-refractivity contribution in [1.29, 1.82) is 0 Å². The first-order chi connectivity index (χ1) is 13.2. The number of fused-ring (bicyclic) bond motifs is 3. The van der Waals surface area contributed by atoms with Crippen LogP contribution in [0.5, 0.6) is 5.75 Å². The van der Waals surface area contributed by atoms with Gasteiger partial charge >= 0.3 is 0 Å². The normalized spacial score (nSPS) is 13.4. The molecule has 27 heavy (non-hydrogen) atoms. The predicted molar refractivity (Wildman–Crippen MR) is 111 cm³/mol. The van der Waals surface area contributed by atoms with Crippen LogP contribution in [0.4, 0.5) is 5.95 Å². The van der Waals surface area contributed by atoms with Gasteiger partial charge in [-0.3, -0.25) is 9.36 Å². The summed E-state index contributed by atoms with van der Waals surface area (Å²) in [6.45, 7) is 4.77. The molecule has 0 amide bonds. The molecule has 140 valence electrons. The first kappa shape index (κ1) is 17.8. The van der Waals surface area contributed by atoms with Crippen molar-refractivity contribution in [2.45, 2.75) is 38.8 Å². The Morgan fingerprint density at radius 2 is 2.15 bits per heavy atom. The van der Waals surface area contributed by atoms with Gasteiger partial charge in [-0.2, -0.15) is 0 Å². The zero-order chi connectivity index (χ0) is 18.8. The van der Waals surface area contributed by atoms with Gasteiger partial charge in [-0.05, 0) is 37.3 Å². The molecule has 1 N–H and O–H groups in total. The molecule has 3 aromatic rings. The Balaban J connectivity index is 1.76. The van der Waals surface area contributed by atoms with Gasteiger partial charge in [-0.15, -0.1) is 17.9 Å². The maximum atomic E-state index is 13.2. The number of methoxy groups -OCH3 is 1. The van der Waals surface area contributed by atoms with E-state index in [4.69, 9.17) is 9.72 Å². The highest BCUT2D eigenvalue weighted by Crippen LogP contribution is 2.34. The van der Waals surface area contributed by atoms with Gasteiger partial charge in [0.25, 0.3) is 5.56 Å². The molecule has 0 aliphatic heterocycles. The minimum absolute atomic E-state index is 0.0295. The van der Waals surface area contributed by atoms with Crippen molar-refractivity contribution >= 4 is 27.5 Å². The highest BCUT2D eigenvalue weighted by Gasteiger charge is 2.21. The van der Waals surface area contributed by atoms with Crippen molar-refractivity contribution in [3.63, 3.8) is 0 Å². The monoisotopic (exact) mass is 381 g/mol. The van der Waals surface area contributed by atoms with E-state index in [1.807, 2.05) is 24.3 Å². The fourth-order valence-electron chi connectivity index (χ4n) is 3.70. The van der Waals surface area contributed by atoms with E-state index in [0.29, 0.717) is 19.0 Å². The third-order valence-electron chi connectivity index (χ3n) is 5.02. The zero-order valence-corrected chi connectivity index (χ0v) is 16.3. The predicted octanol–water partition coefficient (Wildman–Crippen LogP) is 4.14. The number of rotatable bonds is 6. The Labute approximate surface area is 162 Å². The van der Waals surface area contributed by atoms with Crippen LogP contribution in [0.2, 0.25) is 0 Å². The van der Waals surface area contributed by atoms with Gasteiger partial charge in [0.05, 0.1) is 12.5 Å². The van der Waals surface area contributed by atoms with Crippen molar-refractivity contribution in [3.8, 4) is 5.75 Å². The molecule has 0 saturated heterocycles. The van der Waals surface area contributed by atoms with E-state index in [0.717, 1.165) is 40.8 Å². The van der Waals surface area contributed by atoms with E-state index in [9.17, 15) is 4.79 Å². The Morgan fingerprint density at radius 1 is 1.33 bits per heavy atom. The van der Waals surface area contributed by atoms with Gasteiger partial charge in [0.1, 0.15) is 10.6 Å². The van der Waals surface area contributed by atoms with Crippen LogP contribution < -0.4 is 15.6 Å². The Morgan fingerprint density at radius 3 is 2.96 bits per heavy atom. The van der Waals surface area contributed by atoms with Gasteiger partial charge in [0, 0.05) is 23.5 Å². The van der Waals surface area contributed by atoms with Crippen LogP contribution in [0, 0.1) is 0 Å². The lowest BCUT2D eigenvalue weighted by atomic mass is 9.97. The van der Waals surface area contributed by atoms with E-state index in [-0.39, 0.29) is 5.56 Å². The molecule has 2 aromatic heterocycles. The van der Waals surface area contributed by atoms with E-state index in [2.05, 4.69) is 11.9 Å². The number of aromatic nitrogens is 2. The Kier molecular flexibility index (Phi) is 4.99. The van der Waals surface area contributed by atoms with Crippen LogP contribution in [0.15, 0.2) is 41.7 Å². The van der Waals surface area contributed by atoms with E-state index >= 15 is 0 Å². The first-order valence-corrected chi connectivity index (χ1v) is 10.1. The number of thiophene rings is 1. The van der Waals surface area contributed by atoms with Crippen molar-refractivity contribution in [2.75, 3.05) is 12.4 Å². The number of nitrogens with one attached hydrogen (secondary N) is 1. The van der Waals surface area contributed by atoms with Crippen LogP contribution in [-0.2, 0) is 25.9 Å². The Hall–Kier alpha value is -2.60. The van der Waals surface area contributed by atoms with Crippen LogP contribution in [0.25, 0.3) is 10.2 Å². The summed E-state index contributed by atoms with van der Waals surface area (Å²) in [6.07, 6.45) is 6.12. The molecule has 0 spiro atoms. The second kappa shape index (κ2) is 7.56.